The van der Waals surface area contributed by atoms with E-state index in [4.69, 9.17) is 21.1 Å². The van der Waals surface area contributed by atoms with Crippen molar-refractivity contribution in [3.8, 4) is 11.5 Å². The summed E-state index contributed by atoms with van der Waals surface area (Å²) in [5.74, 6) is 0.650. The Morgan fingerprint density at radius 3 is 2.29 bits per heavy atom. The first-order chi connectivity index (χ1) is 14.6. The number of hydrogen-bond donors (Lipinski definition) is 1. The number of rotatable bonds is 9. The summed E-state index contributed by atoms with van der Waals surface area (Å²) in [5.41, 5.74) is 0.474. The summed E-state index contributed by atoms with van der Waals surface area (Å²) in [6, 6.07) is 13.7. The SMILES string of the molecule is CC[C@@H](C(=O)NC(C)(C)C)N(Cc1ccc(OC)cc1)C(=O)COc1ccccc1Cl. The number of para-hydroxylation sites is 1. The fourth-order valence-corrected chi connectivity index (χ4v) is 3.27. The smallest absolute Gasteiger partial charge is 0.261 e. The van der Waals surface area contributed by atoms with Gasteiger partial charge in [0, 0.05) is 12.1 Å². The van der Waals surface area contributed by atoms with Gasteiger partial charge in [-0.15, -0.1) is 0 Å². The molecule has 31 heavy (non-hydrogen) atoms. The van der Waals surface area contributed by atoms with Crippen molar-refractivity contribution < 1.29 is 19.1 Å². The predicted octanol–water partition coefficient (Wildman–Crippen LogP) is 4.45. The fraction of sp³-hybridized carbons (Fsp3) is 0.417. The van der Waals surface area contributed by atoms with Crippen LogP contribution in [-0.2, 0) is 16.1 Å². The first-order valence-electron chi connectivity index (χ1n) is 10.3. The quantitative estimate of drug-likeness (QED) is 0.617. The number of nitrogens with zero attached hydrogens (tertiary/aromatic N) is 1. The molecule has 0 unspecified atom stereocenters. The van der Waals surface area contributed by atoms with Crippen LogP contribution in [0.2, 0.25) is 5.02 Å². The van der Waals surface area contributed by atoms with Gasteiger partial charge in [-0.05, 0) is 57.0 Å². The van der Waals surface area contributed by atoms with E-state index >= 15 is 0 Å². The Balaban J connectivity index is 2.24. The molecule has 168 valence electrons. The highest BCUT2D eigenvalue weighted by molar-refractivity contribution is 6.32. The number of ether oxygens (including phenoxy) is 2. The van der Waals surface area contributed by atoms with Crippen molar-refractivity contribution in [3.05, 3.63) is 59.1 Å². The monoisotopic (exact) mass is 446 g/mol. The molecule has 2 amide bonds. The molecule has 0 aromatic heterocycles. The lowest BCUT2D eigenvalue weighted by Crippen LogP contribution is -2.54. The van der Waals surface area contributed by atoms with Crippen molar-refractivity contribution in [2.24, 2.45) is 0 Å². The molecule has 2 aromatic rings. The normalized spacial score (nSPS) is 12.1. The predicted molar refractivity (Wildman–Crippen MR) is 122 cm³/mol. The maximum absolute atomic E-state index is 13.2. The molecule has 1 atom stereocenters. The Bertz CT molecular complexity index is 878. The van der Waals surface area contributed by atoms with Gasteiger partial charge in [0.2, 0.25) is 5.91 Å². The summed E-state index contributed by atoms with van der Waals surface area (Å²) in [5, 5.41) is 3.40. The Labute approximate surface area is 189 Å². The highest BCUT2D eigenvalue weighted by atomic mass is 35.5. The average molecular weight is 447 g/mol. The highest BCUT2D eigenvalue weighted by Gasteiger charge is 2.31. The van der Waals surface area contributed by atoms with Crippen LogP contribution in [0, 0.1) is 0 Å². The molecule has 6 nitrogen and oxygen atoms in total. The zero-order chi connectivity index (χ0) is 23.0. The second-order valence-electron chi connectivity index (χ2n) is 8.25. The van der Waals surface area contributed by atoms with Gasteiger partial charge in [-0.1, -0.05) is 42.8 Å². The summed E-state index contributed by atoms with van der Waals surface area (Å²) in [6.45, 7) is 7.66. The van der Waals surface area contributed by atoms with Crippen LogP contribution in [0.25, 0.3) is 0 Å². The van der Waals surface area contributed by atoms with Gasteiger partial charge in [-0.2, -0.15) is 0 Å². The molecule has 7 heteroatoms. The third-order valence-electron chi connectivity index (χ3n) is 4.58. The number of methoxy groups -OCH3 is 1. The fourth-order valence-electron chi connectivity index (χ4n) is 3.08. The van der Waals surface area contributed by atoms with E-state index in [0.717, 1.165) is 11.3 Å². The molecule has 0 aliphatic heterocycles. The van der Waals surface area contributed by atoms with Gasteiger partial charge in [-0.3, -0.25) is 9.59 Å². The molecule has 0 saturated heterocycles. The second-order valence-corrected chi connectivity index (χ2v) is 8.66. The van der Waals surface area contributed by atoms with Crippen molar-refractivity contribution >= 4 is 23.4 Å². The molecule has 0 radical (unpaired) electrons. The Morgan fingerprint density at radius 2 is 1.74 bits per heavy atom. The van der Waals surface area contributed by atoms with Crippen LogP contribution in [0.15, 0.2) is 48.5 Å². The van der Waals surface area contributed by atoms with Gasteiger partial charge in [0.25, 0.3) is 5.91 Å². The summed E-state index contributed by atoms with van der Waals surface area (Å²) in [7, 11) is 1.60. The van der Waals surface area contributed by atoms with E-state index in [1.165, 1.54) is 0 Å². The standard InChI is InChI=1S/C24H31ClN2O4/c1-6-20(23(29)26-24(2,3)4)27(15-17-11-13-18(30-5)14-12-17)22(28)16-31-21-10-8-7-9-19(21)25/h7-14,20H,6,15-16H2,1-5H3,(H,26,29)/t20-/m0/s1. The maximum atomic E-state index is 13.2. The van der Waals surface area contributed by atoms with E-state index < -0.39 is 11.6 Å². The third kappa shape index (κ3) is 7.47. The number of carbonyl (C=O) groups is 2. The highest BCUT2D eigenvalue weighted by Crippen LogP contribution is 2.23. The third-order valence-corrected chi connectivity index (χ3v) is 4.90. The molecule has 0 bridgehead atoms. The van der Waals surface area contributed by atoms with E-state index in [1.54, 1.807) is 36.3 Å². The van der Waals surface area contributed by atoms with Crippen LogP contribution in [0.5, 0.6) is 11.5 Å². The van der Waals surface area contributed by atoms with Crippen molar-refractivity contribution in [3.63, 3.8) is 0 Å². The molecular weight excluding hydrogens is 416 g/mol. The van der Waals surface area contributed by atoms with Crippen molar-refractivity contribution in [2.75, 3.05) is 13.7 Å². The minimum absolute atomic E-state index is 0.199. The largest absolute Gasteiger partial charge is 0.497 e. The van der Waals surface area contributed by atoms with Crippen LogP contribution < -0.4 is 14.8 Å². The maximum Gasteiger partial charge on any atom is 0.261 e. The summed E-state index contributed by atoms with van der Waals surface area (Å²) >= 11 is 6.13. The van der Waals surface area contributed by atoms with Gasteiger partial charge in [-0.25, -0.2) is 0 Å². The zero-order valence-electron chi connectivity index (χ0n) is 18.8. The number of benzene rings is 2. The number of hydrogen-bond acceptors (Lipinski definition) is 4. The molecule has 0 saturated carbocycles. The molecule has 0 spiro atoms. The molecule has 2 aromatic carbocycles. The Hall–Kier alpha value is -2.73. The number of halogens is 1. The van der Waals surface area contributed by atoms with Crippen LogP contribution in [0.1, 0.15) is 39.7 Å². The van der Waals surface area contributed by atoms with E-state index in [9.17, 15) is 9.59 Å². The van der Waals surface area contributed by atoms with Crippen LogP contribution >= 0.6 is 11.6 Å². The van der Waals surface area contributed by atoms with Gasteiger partial charge in [0.1, 0.15) is 17.5 Å². The van der Waals surface area contributed by atoms with Gasteiger partial charge in [0.15, 0.2) is 6.61 Å². The minimum atomic E-state index is -0.635. The lowest BCUT2D eigenvalue weighted by molar-refractivity contribution is -0.143. The second kappa shape index (κ2) is 11.0. The number of amides is 2. The molecule has 0 aliphatic carbocycles. The van der Waals surface area contributed by atoms with E-state index in [1.807, 2.05) is 52.0 Å². The number of carbonyl (C=O) groups excluding carboxylic acids is 2. The first-order valence-corrected chi connectivity index (χ1v) is 10.6. The lowest BCUT2D eigenvalue weighted by atomic mass is 10.1. The van der Waals surface area contributed by atoms with E-state index in [2.05, 4.69) is 5.32 Å². The van der Waals surface area contributed by atoms with Crippen LogP contribution in [0.4, 0.5) is 0 Å². The summed E-state index contributed by atoms with van der Waals surface area (Å²) in [4.78, 5) is 27.7. The first kappa shape index (κ1) is 24.5. The van der Waals surface area contributed by atoms with Crippen molar-refractivity contribution in [1.29, 1.82) is 0 Å². The lowest BCUT2D eigenvalue weighted by Gasteiger charge is -2.33. The van der Waals surface area contributed by atoms with Crippen molar-refractivity contribution in [1.82, 2.24) is 10.2 Å². The summed E-state index contributed by atoms with van der Waals surface area (Å²) < 4.78 is 10.9. The molecule has 1 N–H and O–H groups in total. The molecule has 0 fully saturated rings. The number of nitrogens with one attached hydrogen (secondary N) is 1. The Morgan fingerprint density at radius 1 is 1.10 bits per heavy atom. The molecular formula is C24H31ClN2O4. The topological polar surface area (TPSA) is 67.9 Å². The van der Waals surface area contributed by atoms with E-state index in [-0.39, 0.29) is 25.0 Å². The van der Waals surface area contributed by atoms with Gasteiger partial charge in [0.05, 0.1) is 12.1 Å². The van der Waals surface area contributed by atoms with Crippen molar-refractivity contribution in [2.45, 2.75) is 52.2 Å². The summed E-state index contributed by atoms with van der Waals surface area (Å²) in [6.07, 6.45) is 0.468. The Kier molecular flexibility index (Phi) is 8.75. The molecule has 0 heterocycles. The molecule has 2 rings (SSSR count). The van der Waals surface area contributed by atoms with Gasteiger partial charge >= 0.3 is 0 Å². The average Bonchev–Trinajstić information content (AvgIpc) is 2.72. The van der Waals surface area contributed by atoms with Crippen LogP contribution in [0.3, 0.4) is 0 Å². The molecule has 0 aliphatic rings. The minimum Gasteiger partial charge on any atom is -0.497 e. The van der Waals surface area contributed by atoms with E-state index in [0.29, 0.717) is 17.2 Å². The van der Waals surface area contributed by atoms with Gasteiger partial charge < -0.3 is 19.7 Å². The van der Waals surface area contributed by atoms with Crippen LogP contribution in [-0.4, -0.2) is 42.0 Å². The zero-order valence-corrected chi connectivity index (χ0v) is 19.5.